The van der Waals surface area contributed by atoms with Gasteiger partial charge in [0.2, 0.25) is 5.91 Å². The number of ether oxygens (including phenoxy) is 2. The van der Waals surface area contributed by atoms with Gasteiger partial charge in [-0.15, -0.1) is 0 Å². The van der Waals surface area contributed by atoms with Crippen molar-refractivity contribution in [3.8, 4) is 0 Å². The van der Waals surface area contributed by atoms with Gasteiger partial charge in [0.1, 0.15) is 12.2 Å². The summed E-state index contributed by atoms with van der Waals surface area (Å²) >= 11 is 6.16. The van der Waals surface area contributed by atoms with E-state index in [-0.39, 0.29) is 12.5 Å². The summed E-state index contributed by atoms with van der Waals surface area (Å²) in [6.07, 6.45) is 0.615. The Bertz CT molecular complexity index is 1140. The zero-order chi connectivity index (χ0) is 27.0. The molecule has 3 atom stereocenters. The number of cyclic esters (lactones) is 1. The minimum absolute atomic E-state index is 0.124. The van der Waals surface area contributed by atoms with Crippen LogP contribution in [0.5, 0.6) is 0 Å². The Morgan fingerprint density at radius 2 is 1.76 bits per heavy atom. The Labute approximate surface area is 223 Å². The average molecular weight is 527 g/mol. The normalized spacial score (nSPS) is 22.1. The minimum atomic E-state index is -0.796. The van der Waals surface area contributed by atoms with Crippen LogP contribution >= 0.6 is 11.6 Å². The topological polar surface area (TPSA) is 76.2 Å². The van der Waals surface area contributed by atoms with Crippen LogP contribution in [0.4, 0.5) is 9.59 Å². The molecule has 2 aromatic carbocycles. The van der Waals surface area contributed by atoms with Gasteiger partial charge in [0.25, 0.3) is 0 Å². The SMILES string of the molecule is CC(C)(C)OC(=O)N1[C@H]([C@@H](C(=O)N2C(=O)OC[C@H]2Cc2ccccc2)c2ccc(Cl)cc2)CCC1(C)C. The van der Waals surface area contributed by atoms with E-state index in [0.29, 0.717) is 29.8 Å². The van der Waals surface area contributed by atoms with Crippen molar-refractivity contribution in [2.45, 2.75) is 83.0 Å². The van der Waals surface area contributed by atoms with Crippen molar-refractivity contribution < 1.29 is 23.9 Å². The first-order valence-corrected chi connectivity index (χ1v) is 13.1. The Morgan fingerprint density at radius 3 is 2.38 bits per heavy atom. The molecule has 0 N–H and O–H groups in total. The van der Waals surface area contributed by atoms with E-state index in [1.807, 2.05) is 65.0 Å². The van der Waals surface area contributed by atoms with Crippen LogP contribution in [0.1, 0.15) is 64.5 Å². The molecule has 2 aliphatic rings. The lowest BCUT2D eigenvalue weighted by atomic mass is 9.88. The number of benzene rings is 2. The number of amides is 3. The lowest BCUT2D eigenvalue weighted by Crippen LogP contribution is -2.54. The van der Waals surface area contributed by atoms with E-state index >= 15 is 0 Å². The zero-order valence-electron chi connectivity index (χ0n) is 22.1. The number of halogens is 1. The first-order valence-electron chi connectivity index (χ1n) is 12.7. The quantitative estimate of drug-likeness (QED) is 0.464. The third kappa shape index (κ3) is 5.93. The highest BCUT2D eigenvalue weighted by molar-refractivity contribution is 6.30. The predicted octanol–water partition coefficient (Wildman–Crippen LogP) is 6.19. The summed E-state index contributed by atoms with van der Waals surface area (Å²) in [6, 6.07) is 15.8. The Kier molecular flexibility index (Phi) is 7.56. The largest absolute Gasteiger partial charge is 0.447 e. The fraction of sp³-hybridized carbons (Fsp3) is 0.483. The van der Waals surface area contributed by atoms with Gasteiger partial charge >= 0.3 is 12.2 Å². The van der Waals surface area contributed by atoms with Crippen molar-refractivity contribution in [2.24, 2.45) is 0 Å². The Balaban J connectivity index is 1.73. The third-order valence-corrected chi connectivity index (χ3v) is 7.27. The van der Waals surface area contributed by atoms with E-state index < -0.39 is 41.3 Å². The van der Waals surface area contributed by atoms with Crippen molar-refractivity contribution in [3.05, 3.63) is 70.7 Å². The second-order valence-corrected chi connectivity index (χ2v) is 11.9. The molecule has 3 amide bonds. The summed E-state index contributed by atoms with van der Waals surface area (Å²) in [7, 11) is 0. The van der Waals surface area contributed by atoms with Crippen molar-refractivity contribution in [1.29, 1.82) is 0 Å². The molecule has 0 spiro atoms. The van der Waals surface area contributed by atoms with Crippen molar-refractivity contribution >= 4 is 29.7 Å². The minimum Gasteiger partial charge on any atom is -0.447 e. The van der Waals surface area contributed by atoms with Gasteiger partial charge in [0.05, 0.1) is 18.0 Å². The smallest absolute Gasteiger partial charge is 0.417 e. The van der Waals surface area contributed by atoms with Crippen LogP contribution in [-0.4, -0.2) is 57.7 Å². The van der Waals surface area contributed by atoms with Crippen LogP contribution in [0.2, 0.25) is 5.02 Å². The van der Waals surface area contributed by atoms with Gasteiger partial charge in [-0.1, -0.05) is 54.1 Å². The Hall–Kier alpha value is -3.06. The highest BCUT2D eigenvalue weighted by atomic mass is 35.5. The molecule has 0 radical (unpaired) electrons. The number of carbonyl (C=O) groups excluding carboxylic acids is 3. The van der Waals surface area contributed by atoms with Crippen molar-refractivity contribution in [1.82, 2.24) is 9.80 Å². The zero-order valence-corrected chi connectivity index (χ0v) is 22.8. The molecule has 0 unspecified atom stereocenters. The number of rotatable bonds is 5. The van der Waals surface area contributed by atoms with Crippen molar-refractivity contribution in [2.75, 3.05) is 6.61 Å². The van der Waals surface area contributed by atoms with Crippen LogP contribution in [0.3, 0.4) is 0 Å². The second-order valence-electron chi connectivity index (χ2n) is 11.4. The summed E-state index contributed by atoms with van der Waals surface area (Å²) in [5.74, 6) is -1.18. The van der Waals surface area contributed by atoms with Gasteiger partial charge in [-0.3, -0.25) is 9.69 Å². The lowest BCUT2D eigenvalue weighted by Gasteiger charge is -2.40. The molecule has 2 heterocycles. The molecule has 2 aliphatic heterocycles. The third-order valence-electron chi connectivity index (χ3n) is 7.02. The van der Waals surface area contributed by atoms with E-state index in [1.165, 1.54) is 4.90 Å². The second kappa shape index (κ2) is 10.4. The maximum Gasteiger partial charge on any atom is 0.417 e. The van der Waals surface area contributed by atoms with E-state index in [1.54, 1.807) is 29.2 Å². The molecule has 198 valence electrons. The molecular formula is C29H35ClN2O5. The standard InChI is InChI=1S/C29H35ClN2O5/c1-28(2,3)37-27(35)32-23(15-16-29(32,4)5)24(20-11-13-21(30)14-12-20)25(33)31-22(18-36-26(31)34)17-19-9-7-6-8-10-19/h6-14,22-24H,15-18H2,1-5H3/t22-,23+,24+/m1/s1. The number of likely N-dealkylation sites (tertiary alicyclic amines) is 1. The number of imide groups is 1. The monoisotopic (exact) mass is 526 g/mol. The van der Waals surface area contributed by atoms with Crippen LogP contribution < -0.4 is 0 Å². The van der Waals surface area contributed by atoms with E-state index in [4.69, 9.17) is 21.1 Å². The molecule has 2 saturated heterocycles. The maximum absolute atomic E-state index is 14.3. The molecule has 2 fully saturated rings. The molecule has 0 saturated carbocycles. The van der Waals surface area contributed by atoms with Crippen LogP contribution in [0, 0.1) is 0 Å². The van der Waals surface area contributed by atoms with E-state index in [0.717, 1.165) is 5.56 Å². The lowest BCUT2D eigenvalue weighted by molar-refractivity contribution is -0.132. The molecule has 4 rings (SSSR count). The number of nitrogens with zero attached hydrogens (tertiary/aromatic N) is 2. The first kappa shape index (κ1) is 27.0. The van der Waals surface area contributed by atoms with E-state index in [9.17, 15) is 14.4 Å². The van der Waals surface area contributed by atoms with Gasteiger partial charge in [-0.05, 0) is 77.1 Å². The van der Waals surface area contributed by atoms with E-state index in [2.05, 4.69) is 0 Å². The molecule has 2 aromatic rings. The van der Waals surface area contributed by atoms with Crippen LogP contribution in [-0.2, 0) is 20.7 Å². The summed E-state index contributed by atoms with van der Waals surface area (Å²) in [4.78, 5) is 43.6. The Morgan fingerprint density at radius 1 is 1.11 bits per heavy atom. The summed E-state index contributed by atoms with van der Waals surface area (Å²) < 4.78 is 11.1. The summed E-state index contributed by atoms with van der Waals surface area (Å²) in [5.41, 5.74) is 0.458. The maximum atomic E-state index is 14.3. The highest BCUT2D eigenvalue weighted by Gasteiger charge is 2.52. The fourth-order valence-corrected chi connectivity index (χ4v) is 5.45. The first-order chi connectivity index (χ1) is 17.4. The molecule has 37 heavy (non-hydrogen) atoms. The van der Waals surface area contributed by atoms with Gasteiger partial charge in [0.15, 0.2) is 0 Å². The highest BCUT2D eigenvalue weighted by Crippen LogP contribution is 2.43. The molecular weight excluding hydrogens is 492 g/mol. The number of hydrogen-bond acceptors (Lipinski definition) is 5. The molecule has 8 heteroatoms. The number of hydrogen-bond donors (Lipinski definition) is 0. The average Bonchev–Trinajstić information content (AvgIpc) is 3.33. The molecule has 7 nitrogen and oxygen atoms in total. The summed E-state index contributed by atoms with van der Waals surface area (Å²) in [6.45, 7) is 9.53. The molecule has 0 bridgehead atoms. The van der Waals surface area contributed by atoms with Gasteiger partial charge in [0, 0.05) is 10.6 Å². The fourth-order valence-electron chi connectivity index (χ4n) is 5.33. The van der Waals surface area contributed by atoms with Crippen LogP contribution in [0.25, 0.3) is 0 Å². The predicted molar refractivity (Wildman–Crippen MR) is 141 cm³/mol. The molecule has 0 aromatic heterocycles. The van der Waals surface area contributed by atoms with Gasteiger partial charge in [-0.25, -0.2) is 14.5 Å². The van der Waals surface area contributed by atoms with Gasteiger partial charge in [-0.2, -0.15) is 0 Å². The van der Waals surface area contributed by atoms with Gasteiger partial charge < -0.3 is 9.47 Å². The van der Waals surface area contributed by atoms with Crippen LogP contribution in [0.15, 0.2) is 54.6 Å². The number of carbonyl (C=O) groups is 3. The summed E-state index contributed by atoms with van der Waals surface area (Å²) in [5, 5.41) is 0.535. The van der Waals surface area contributed by atoms with Crippen molar-refractivity contribution in [3.63, 3.8) is 0 Å². The molecule has 0 aliphatic carbocycles.